The van der Waals surface area contributed by atoms with Crippen LogP contribution < -0.4 is 10.6 Å². The summed E-state index contributed by atoms with van der Waals surface area (Å²) in [5.74, 6) is -0.162. The van der Waals surface area contributed by atoms with Crippen LogP contribution in [-0.2, 0) is 0 Å². The van der Waals surface area contributed by atoms with Crippen LogP contribution >= 0.6 is 24.8 Å². The lowest BCUT2D eigenvalue weighted by atomic mass is 10.3. The van der Waals surface area contributed by atoms with E-state index < -0.39 is 0 Å². The van der Waals surface area contributed by atoms with Gasteiger partial charge >= 0.3 is 0 Å². The molecule has 0 bridgehead atoms. The molecule has 0 atom stereocenters. The van der Waals surface area contributed by atoms with E-state index in [0.717, 1.165) is 18.7 Å². The molecule has 21 heavy (non-hydrogen) atoms. The van der Waals surface area contributed by atoms with Gasteiger partial charge in [-0.15, -0.1) is 24.8 Å². The van der Waals surface area contributed by atoms with Gasteiger partial charge in [0, 0.05) is 25.1 Å². The molecule has 0 aliphatic rings. The highest BCUT2D eigenvalue weighted by molar-refractivity contribution is 5.92. The Balaban J connectivity index is 0.00000200. The fourth-order valence-corrected chi connectivity index (χ4v) is 1.67. The van der Waals surface area contributed by atoms with Crippen LogP contribution in [0, 0.1) is 0 Å². The minimum absolute atomic E-state index is 0. The highest BCUT2D eigenvalue weighted by Crippen LogP contribution is 2.06. The summed E-state index contributed by atoms with van der Waals surface area (Å²) in [7, 11) is 1.89. The minimum atomic E-state index is -0.162. The predicted octanol–water partition coefficient (Wildman–Crippen LogP) is 1.45. The monoisotopic (exact) mass is 331 g/mol. The zero-order chi connectivity index (χ0) is 13.5. The van der Waals surface area contributed by atoms with E-state index in [2.05, 4.69) is 20.7 Å². The molecule has 0 aliphatic carbocycles. The third-order valence-corrected chi connectivity index (χ3v) is 2.63. The van der Waals surface area contributed by atoms with E-state index in [-0.39, 0.29) is 30.7 Å². The second-order valence-corrected chi connectivity index (χ2v) is 4.06. The van der Waals surface area contributed by atoms with Gasteiger partial charge in [0.2, 0.25) is 0 Å². The van der Waals surface area contributed by atoms with Crippen molar-refractivity contribution < 1.29 is 4.79 Å². The highest BCUT2D eigenvalue weighted by Gasteiger charge is 2.07. The number of pyridine rings is 1. The fraction of sp³-hybridized carbons (Fsp3) is 0.308. The number of amides is 1. The number of hydrogen-bond acceptors (Lipinski definition) is 4. The van der Waals surface area contributed by atoms with Crippen molar-refractivity contribution in [3.05, 3.63) is 42.5 Å². The summed E-state index contributed by atoms with van der Waals surface area (Å²) in [6, 6.07) is 5.36. The van der Waals surface area contributed by atoms with Crippen LogP contribution in [0.2, 0.25) is 0 Å². The molecule has 0 unspecified atom stereocenters. The largest absolute Gasteiger partial charge is 0.351 e. The molecule has 2 aromatic heterocycles. The van der Waals surface area contributed by atoms with Gasteiger partial charge in [-0.1, -0.05) is 0 Å². The van der Waals surface area contributed by atoms with Crippen molar-refractivity contribution in [1.82, 2.24) is 25.4 Å². The van der Waals surface area contributed by atoms with Gasteiger partial charge in [0.15, 0.2) is 0 Å². The number of rotatable bonds is 6. The standard InChI is InChI=1S/C13H17N5O.2ClH/c1-14-5-2-6-16-13(19)12-10-11(4-8-15-12)18-9-3-7-17-18;;/h3-4,7-10,14H,2,5-6H2,1H3,(H,16,19);2*1H. The number of carbonyl (C=O) groups is 1. The summed E-state index contributed by atoms with van der Waals surface area (Å²) in [4.78, 5) is 16.0. The van der Waals surface area contributed by atoms with Crippen LogP contribution in [0.15, 0.2) is 36.8 Å². The van der Waals surface area contributed by atoms with E-state index in [4.69, 9.17) is 0 Å². The zero-order valence-electron chi connectivity index (χ0n) is 11.7. The number of carbonyl (C=O) groups excluding carboxylic acids is 1. The Morgan fingerprint density at radius 2 is 2.10 bits per heavy atom. The molecule has 6 nitrogen and oxygen atoms in total. The van der Waals surface area contributed by atoms with Gasteiger partial charge < -0.3 is 10.6 Å². The maximum absolute atomic E-state index is 11.9. The van der Waals surface area contributed by atoms with E-state index >= 15 is 0 Å². The number of hydrogen-bond donors (Lipinski definition) is 2. The molecule has 116 valence electrons. The van der Waals surface area contributed by atoms with E-state index in [0.29, 0.717) is 12.2 Å². The normalized spacial score (nSPS) is 9.38. The van der Waals surface area contributed by atoms with Gasteiger partial charge in [-0.3, -0.25) is 9.78 Å². The lowest BCUT2D eigenvalue weighted by molar-refractivity contribution is 0.0948. The molecule has 2 heterocycles. The van der Waals surface area contributed by atoms with Gasteiger partial charge in [-0.25, -0.2) is 4.68 Å². The Morgan fingerprint density at radius 3 is 2.76 bits per heavy atom. The molecule has 1 amide bonds. The molecule has 0 saturated carbocycles. The first kappa shape index (κ1) is 19.4. The Morgan fingerprint density at radius 1 is 1.29 bits per heavy atom. The Bertz CT molecular complexity index is 533. The fourth-order valence-electron chi connectivity index (χ4n) is 1.67. The third kappa shape index (κ3) is 5.71. The van der Waals surface area contributed by atoms with E-state index in [1.807, 2.05) is 25.4 Å². The quantitative estimate of drug-likeness (QED) is 0.786. The zero-order valence-corrected chi connectivity index (χ0v) is 13.3. The number of halogens is 2. The van der Waals surface area contributed by atoms with Crippen molar-refractivity contribution in [2.75, 3.05) is 20.1 Å². The lowest BCUT2D eigenvalue weighted by Crippen LogP contribution is -2.27. The van der Waals surface area contributed by atoms with Crippen molar-refractivity contribution in [3.8, 4) is 5.69 Å². The first-order valence-electron chi connectivity index (χ1n) is 6.20. The lowest BCUT2D eigenvalue weighted by Gasteiger charge is -2.06. The number of nitrogens with one attached hydrogen (secondary N) is 2. The van der Waals surface area contributed by atoms with Crippen LogP contribution in [0.3, 0.4) is 0 Å². The molecule has 0 saturated heterocycles. The molecule has 0 aromatic carbocycles. The van der Waals surface area contributed by atoms with Crippen LogP contribution in [0.4, 0.5) is 0 Å². The van der Waals surface area contributed by atoms with Crippen molar-refractivity contribution in [1.29, 1.82) is 0 Å². The summed E-state index contributed by atoms with van der Waals surface area (Å²) >= 11 is 0. The van der Waals surface area contributed by atoms with E-state index in [9.17, 15) is 4.79 Å². The van der Waals surface area contributed by atoms with Crippen LogP contribution in [0.1, 0.15) is 16.9 Å². The smallest absolute Gasteiger partial charge is 0.269 e. The predicted molar refractivity (Wildman–Crippen MR) is 86.7 cm³/mol. The Kier molecular flexibility index (Phi) is 9.36. The molecule has 0 aliphatic heterocycles. The van der Waals surface area contributed by atoms with E-state index in [1.165, 1.54) is 0 Å². The van der Waals surface area contributed by atoms with Crippen molar-refractivity contribution >= 4 is 30.7 Å². The van der Waals surface area contributed by atoms with Gasteiger partial charge in [0.1, 0.15) is 5.69 Å². The van der Waals surface area contributed by atoms with Crippen molar-refractivity contribution in [3.63, 3.8) is 0 Å². The maximum atomic E-state index is 11.9. The van der Waals surface area contributed by atoms with Crippen LogP contribution in [0.5, 0.6) is 0 Å². The second-order valence-electron chi connectivity index (χ2n) is 4.06. The molecule has 0 fully saturated rings. The molecule has 0 spiro atoms. The van der Waals surface area contributed by atoms with Crippen molar-refractivity contribution in [2.24, 2.45) is 0 Å². The van der Waals surface area contributed by atoms with Gasteiger partial charge in [-0.05, 0) is 38.2 Å². The average molecular weight is 332 g/mol. The molecule has 8 heteroatoms. The van der Waals surface area contributed by atoms with Crippen LogP contribution in [-0.4, -0.2) is 40.8 Å². The SMILES string of the molecule is CNCCCNC(=O)c1cc(-n2cccn2)ccn1.Cl.Cl. The molecule has 2 aromatic rings. The Labute approximate surface area is 136 Å². The Hall–Kier alpha value is -1.63. The summed E-state index contributed by atoms with van der Waals surface area (Å²) in [6.07, 6.45) is 6.02. The third-order valence-electron chi connectivity index (χ3n) is 2.63. The first-order valence-corrected chi connectivity index (χ1v) is 6.20. The summed E-state index contributed by atoms with van der Waals surface area (Å²) in [5, 5.41) is 9.99. The van der Waals surface area contributed by atoms with Gasteiger partial charge in [0.05, 0.1) is 5.69 Å². The topological polar surface area (TPSA) is 71.8 Å². The average Bonchev–Trinajstić information content (AvgIpc) is 2.98. The summed E-state index contributed by atoms with van der Waals surface area (Å²) < 4.78 is 1.69. The van der Waals surface area contributed by atoms with Crippen LogP contribution in [0.25, 0.3) is 5.69 Å². The number of nitrogens with zero attached hydrogens (tertiary/aromatic N) is 3. The molecular formula is C13H19Cl2N5O. The molecule has 2 N–H and O–H groups in total. The highest BCUT2D eigenvalue weighted by atomic mass is 35.5. The van der Waals surface area contributed by atoms with Gasteiger partial charge in [0.25, 0.3) is 5.91 Å². The molecule has 2 rings (SSSR count). The maximum Gasteiger partial charge on any atom is 0.269 e. The van der Waals surface area contributed by atoms with Crippen molar-refractivity contribution in [2.45, 2.75) is 6.42 Å². The summed E-state index contributed by atoms with van der Waals surface area (Å²) in [5.41, 5.74) is 1.22. The second kappa shape index (κ2) is 10.1. The first-order chi connectivity index (χ1) is 9.31. The number of aromatic nitrogens is 3. The van der Waals surface area contributed by atoms with E-state index in [1.54, 1.807) is 23.1 Å². The molecular weight excluding hydrogens is 313 g/mol. The summed E-state index contributed by atoms with van der Waals surface area (Å²) in [6.45, 7) is 1.51. The molecule has 0 radical (unpaired) electrons. The minimum Gasteiger partial charge on any atom is -0.351 e. The van der Waals surface area contributed by atoms with Gasteiger partial charge in [-0.2, -0.15) is 5.10 Å².